The Morgan fingerprint density at radius 3 is 2.65 bits per heavy atom. The van der Waals surface area contributed by atoms with Gasteiger partial charge in [-0.25, -0.2) is 14.2 Å². The minimum absolute atomic E-state index is 0.106. The van der Waals surface area contributed by atoms with Crippen LogP contribution in [0.15, 0.2) is 30.5 Å². The zero-order valence-corrected chi connectivity index (χ0v) is 29.1. The summed E-state index contributed by atoms with van der Waals surface area (Å²) in [6.45, 7) is 7.41. The van der Waals surface area contributed by atoms with Crippen LogP contribution in [0, 0.1) is 17.1 Å². The topological polar surface area (TPSA) is 141 Å². The summed E-state index contributed by atoms with van der Waals surface area (Å²) in [6.07, 6.45) is 0.892. The molecule has 12 nitrogen and oxygen atoms in total. The largest absolute Gasteiger partial charge is 0.444 e. The number of nitrogens with zero attached hydrogens (tertiary/aromatic N) is 7. The van der Waals surface area contributed by atoms with Gasteiger partial charge in [-0.2, -0.15) is 20.4 Å². The predicted octanol–water partition coefficient (Wildman–Crippen LogP) is 6.71. The number of likely N-dealkylation sites (N-methyl/N-ethyl adjacent to an activating group) is 1. The van der Waals surface area contributed by atoms with Crippen LogP contribution in [0.2, 0.25) is 5.02 Å². The number of halogens is 2. The molecule has 3 aromatic heterocycles. The molecule has 1 fully saturated rings. The van der Waals surface area contributed by atoms with Crippen LogP contribution in [0.4, 0.5) is 26.0 Å². The Balaban J connectivity index is 1.43. The Bertz CT molecular complexity index is 2160. The predicted molar refractivity (Wildman–Crippen MR) is 187 cm³/mol. The van der Waals surface area contributed by atoms with Gasteiger partial charge in [0.25, 0.3) is 0 Å². The molecule has 0 bridgehead atoms. The number of nitriles is 1. The molecular weight excluding hydrogens is 669 g/mol. The van der Waals surface area contributed by atoms with Gasteiger partial charge in [-0.15, -0.1) is 11.3 Å². The lowest BCUT2D eigenvalue weighted by atomic mass is 9.90. The van der Waals surface area contributed by atoms with Gasteiger partial charge in [0.05, 0.1) is 46.9 Å². The van der Waals surface area contributed by atoms with Crippen molar-refractivity contribution in [3.8, 4) is 17.2 Å². The fourth-order valence-corrected chi connectivity index (χ4v) is 7.49. The van der Waals surface area contributed by atoms with Gasteiger partial charge in [0, 0.05) is 46.5 Å². The minimum Gasteiger partial charge on any atom is -0.444 e. The number of rotatable bonds is 7. The number of aromatic nitrogens is 4. The third-order valence-electron chi connectivity index (χ3n) is 8.51. The molecule has 15 heteroatoms. The van der Waals surface area contributed by atoms with Crippen LogP contribution in [-0.4, -0.2) is 70.0 Å². The number of hydrogen-bond donors (Lipinski definition) is 2. The standard InChI is InChI=1S/C34H33ClFN9O3S/c1-34(2,3)48-33(46)42-31-19(11-37)24-23(49-31)9-8-22(36)27(24)25-20-15-47-16-21(20)26-29(28(25)35)40-32(45-13-18(14-45)44(4)5)41-30(26)38-12-17-7-6-10-39-43-17/h6-10,18H,12-16H2,1-5H3,(H,42,46)(H,38,40,41). The van der Waals surface area contributed by atoms with Gasteiger partial charge in [0.1, 0.15) is 28.3 Å². The van der Waals surface area contributed by atoms with Crippen molar-refractivity contribution in [3.05, 3.63) is 63.7 Å². The number of amides is 1. The first-order chi connectivity index (χ1) is 23.4. The molecule has 7 rings (SSSR count). The zero-order chi connectivity index (χ0) is 34.6. The van der Waals surface area contributed by atoms with Crippen LogP contribution < -0.4 is 15.5 Å². The summed E-state index contributed by atoms with van der Waals surface area (Å²) in [5, 5.41) is 26.1. The van der Waals surface area contributed by atoms with E-state index in [0.29, 0.717) is 62.2 Å². The second-order valence-electron chi connectivity index (χ2n) is 13.2. The third kappa shape index (κ3) is 6.08. The summed E-state index contributed by atoms with van der Waals surface area (Å²) in [5.41, 5.74) is 2.48. The molecule has 49 heavy (non-hydrogen) atoms. The summed E-state index contributed by atoms with van der Waals surface area (Å²) in [6, 6.07) is 9.13. The van der Waals surface area contributed by atoms with Crippen LogP contribution in [0.25, 0.3) is 32.1 Å². The highest BCUT2D eigenvalue weighted by Gasteiger charge is 2.34. The summed E-state index contributed by atoms with van der Waals surface area (Å²) in [4.78, 5) is 26.9. The SMILES string of the molecule is CN(C)C1CN(c2nc(NCc3cccnn3)c3c4c(c(-c5c(F)ccc6sc(NC(=O)OC(C)(C)C)c(C#N)c56)c(Cl)c3n2)COC4)C1. The first-order valence-electron chi connectivity index (χ1n) is 15.6. The van der Waals surface area contributed by atoms with Crippen molar-refractivity contribution in [2.75, 3.05) is 42.7 Å². The number of thiophene rings is 1. The first kappa shape index (κ1) is 32.8. The molecule has 0 unspecified atom stereocenters. The number of benzene rings is 2. The molecule has 5 aromatic rings. The number of nitrogens with one attached hydrogen (secondary N) is 2. The van der Waals surface area contributed by atoms with Gasteiger partial charge in [-0.1, -0.05) is 11.6 Å². The molecule has 0 spiro atoms. The van der Waals surface area contributed by atoms with Crippen LogP contribution in [0.1, 0.15) is 43.2 Å². The fourth-order valence-electron chi connectivity index (χ4n) is 6.10. The molecule has 0 saturated carbocycles. The van der Waals surface area contributed by atoms with E-state index in [4.69, 9.17) is 31.0 Å². The lowest BCUT2D eigenvalue weighted by Crippen LogP contribution is -2.58. The van der Waals surface area contributed by atoms with E-state index in [1.165, 1.54) is 6.07 Å². The van der Waals surface area contributed by atoms with E-state index in [9.17, 15) is 10.1 Å². The maximum absolute atomic E-state index is 16.3. The Morgan fingerprint density at radius 2 is 1.96 bits per heavy atom. The van der Waals surface area contributed by atoms with E-state index in [2.05, 4.69) is 36.7 Å². The van der Waals surface area contributed by atoms with Gasteiger partial charge < -0.3 is 24.6 Å². The van der Waals surface area contributed by atoms with Crippen LogP contribution >= 0.6 is 22.9 Å². The fraction of sp³-hybridized carbons (Fsp3) is 0.353. The van der Waals surface area contributed by atoms with E-state index in [0.717, 1.165) is 30.0 Å². The third-order valence-corrected chi connectivity index (χ3v) is 9.95. The van der Waals surface area contributed by atoms with Crippen molar-refractivity contribution in [1.29, 1.82) is 5.26 Å². The second-order valence-corrected chi connectivity index (χ2v) is 14.6. The lowest BCUT2D eigenvalue weighted by molar-refractivity contribution is 0.0636. The maximum Gasteiger partial charge on any atom is 0.412 e. The number of hydrogen-bond acceptors (Lipinski definition) is 12. The van der Waals surface area contributed by atoms with Crippen LogP contribution in [-0.2, 0) is 29.2 Å². The monoisotopic (exact) mass is 701 g/mol. The van der Waals surface area contributed by atoms with E-state index in [-0.39, 0.29) is 34.4 Å². The van der Waals surface area contributed by atoms with Crippen molar-refractivity contribution in [3.63, 3.8) is 0 Å². The molecule has 1 saturated heterocycles. The Kier molecular flexibility index (Phi) is 8.48. The summed E-state index contributed by atoms with van der Waals surface area (Å²) < 4.78 is 28.3. The maximum atomic E-state index is 16.3. The van der Waals surface area contributed by atoms with Crippen LogP contribution in [0.3, 0.4) is 0 Å². The molecule has 2 N–H and O–H groups in total. The summed E-state index contributed by atoms with van der Waals surface area (Å²) in [5.74, 6) is 0.451. The summed E-state index contributed by atoms with van der Waals surface area (Å²) >= 11 is 8.50. The minimum atomic E-state index is -0.754. The highest BCUT2D eigenvalue weighted by atomic mass is 35.5. The smallest absolute Gasteiger partial charge is 0.412 e. The van der Waals surface area contributed by atoms with E-state index >= 15 is 4.39 Å². The number of ether oxygens (including phenoxy) is 2. The average molecular weight is 702 g/mol. The Morgan fingerprint density at radius 1 is 1.18 bits per heavy atom. The Hall–Kier alpha value is -4.68. The van der Waals surface area contributed by atoms with E-state index in [1.54, 1.807) is 33.0 Å². The molecular formula is C34H33ClFN9O3S. The molecule has 5 heterocycles. The average Bonchev–Trinajstić information content (AvgIpc) is 3.64. The molecule has 2 aliphatic rings. The first-order valence-corrected chi connectivity index (χ1v) is 16.8. The highest BCUT2D eigenvalue weighted by molar-refractivity contribution is 7.23. The van der Waals surface area contributed by atoms with Crippen LogP contribution in [0.5, 0.6) is 0 Å². The molecule has 252 valence electrons. The number of fused-ring (bicyclic) bond motifs is 4. The normalized spacial score (nSPS) is 14.6. The number of carbonyl (C=O) groups is 1. The molecule has 2 aromatic carbocycles. The van der Waals surface area contributed by atoms with Gasteiger partial charge in [0.2, 0.25) is 5.95 Å². The van der Waals surface area contributed by atoms with Crippen molar-refractivity contribution in [2.24, 2.45) is 0 Å². The van der Waals surface area contributed by atoms with Gasteiger partial charge in [-0.3, -0.25) is 5.32 Å². The number of carbonyl (C=O) groups excluding carboxylic acids is 1. The van der Waals surface area contributed by atoms with Crippen molar-refractivity contribution in [1.82, 2.24) is 25.1 Å². The van der Waals surface area contributed by atoms with Crippen molar-refractivity contribution >= 4 is 66.8 Å². The number of anilines is 3. The van der Waals surface area contributed by atoms with Gasteiger partial charge >= 0.3 is 6.09 Å². The molecule has 0 atom stereocenters. The molecule has 2 aliphatic heterocycles. The molecule has 0 aliphatic carbocycles. The van der Waals surface area contributed by atoms with E-state index < -0.39 is 17.5 Å². The molecule has 0 radical (unpaired) electrons. The van der Waals surface area contributed by atoms with Crippen molar-refractivity contribution < 1.29 is 18.7 Å². The summed E-state index contributed by atoms with van der Waals surface area (Å²) in [7, 11) is 4.07. The quantitative estimate of drug-likeness (QED) is 0.187. The zero-order valence-electron chi connectivity index (χ0n) is 27.5. The molecule has 1 amide bonds. The lowest BCUT2D eigenvalue weighted by Gasteiger charge is -2.42. The van der Waals surface area contributed by atoms with Gasteiger partial charge in [0.15, 0.2) is 0 Å². The second kappa shape index (κ2) is 12.6. The van der Waals surface area contributed by atoms with Crippen molar-refractivity contribution in [2.45, 2.75) is 52.2 Å². The van der Waals surface area contributed by atoms with Gasteiger partial charge in [-0.05, 0) is 70.3 Å². The van der Waals surface area contributed by atoms with E-state index in [1.807, 2.05) is 26.2 Å². The highest BCUT2D eigenvalue weighted by Crippen LogP contribution is 2.50. The Labute approximate surface area is 290 Å².